The molecule has 1 saturated carbocycles. The van der Waals surface area contributed by atoms with Crippen LogP contribution in [0.25, 0.3) is 0 Å². The maximum absolute atomic E-state index is 10.1. The molecule has 3 nitrogen and oxygen atoms in total. The summed E-state index contributed by atoms with van der Waals surface area (Å²) < 4.78 is 5.26. The number of likely N-dealkylation sites (N-methyl/N-ethyl adjacent to an activating group) is 1. The Bertz CT molecular complexity index is 142. The average molecular weight is 187 g/mol. The lowest BCUT2D eigenvalue weighted by molar-refractivity contribution is -0.0416. The van der Waals surface area contributed by atoms with E-state index >= 15 is 0 Å². The molecule has 0 amide bonds. The summed E-state index contributed by atoms with van der Waals surface area (Å²) in [6.07, 6.45) is 4.05. The third-order valence-corrected chi connectivity index (χ3v) is 2.90. The van der Waals surface area contributed by atoms with Crippen molar-refractivity contribution >= 4 is 0 Å². The SMILES string of the molecule is CCNCC1(O)CCC(OC)CC1. The maximum atomic E-state index is 10.1. The fourth-order valence-electron chi connectivity index (χ4n) is 1.90. The summed E-state index contributed by atoms with van der Waals surface area (Å²) in [5.74, 6) is 0. The van der Waals surface area contributed by atoms with Gasteiger partial charge in [0.15, 0.2) is 0 Å². The molecular formula is C10H21NO2. The Labute approximate surface area is 80.5 Å². The van der Waals surface area contributed by atoms with Crippen molar-refractivity contribution in [2.75, 3.05) is 20.2 Å². The fourth-order valence-corrected chi connectivity index (χ4v) is 1.90. The summed E-state index contributed by atoms with van der Waals surface area (Å²) >= 11 is 0. The lowest BCUT2D eigenvalue weighted by Gasteiger charge is -2.35. The van der Waals surface area contributed by atoms with Crippen LogP contribution in [0, 0.1) is 0 Å². The van der Waals surface area contributed by atoms with Crippen molar-refractivity contribution in [2.24, 2.45) is 0 Å². The standard InChI is InChI=1S/C10H21NO2/c1-3-11-8-10(12)6-4-9(13-2)5-7-10/h9,11-12H,3-8H2,1-2H3. The molecular weight excluding hydrogens is 166 g/mol. The highest BCUT2D eigenvalue weighted by Gasteiger charge is 2.32. The third kappa shape index (κ3) is 3.25. The van der Waals surface area contributed by atoms with Gasteiger partial charge in [0, 0.05) is 13.7 Å². The van der Waals surface area contributed by atoms with Crippen LogP contribution in [0.3, 0.4) is 0 Å². The minimum absolute atomic E-state index is 0.363. The van der Waals surface area contributed by atoms with Crippen molar-refractivity contribution in [3.8, 4) is 0 Å². The molecule has 1 aliphatic carbocycles. The van der Waals surface area contributed by atoms with E-state index in [0.29, 0.717) is 6.10 Å². The fraction of sp³-hybridized carbons (Fsp3) is 1.00. The first kappa shape index (κ1) is 11.0. The summed E-state index contributed by atoms with van der Waals surface area (Å²) in [6.45, 7) is 3.71. The minimum Gasteiger partial charge on any atom is -0.389 e. The van der Waals surface area contributed by atoms with Gasteiger partial charge in [0.05, 0.1) is 11.7 Å². The molecule has 3 heteroatoms. The Kier molecular flexibility index (Phi) is 4.16. The molecule has 1 rings (SSSR count). The summed E-state index contributed by atoms with van der Waals surface area (Å²) in [6, 6.07) is 0. The van der Waals surface area contributed by atoms with Gasteiger partial charge in [-0.1, -0.05) is 6.92 Å². The molecule has 13 heavy (non-hydrogen) atoms. The quantitative estimate of drug-likeness (QED) is 0.687. The highest BCUT2D eigenvalue weighted by molar-refractivity contribution is 4.87. The molecule has 0 unspecified atom stereocenters. The van der Waals surface area contributed by atoms with E-state index in [2.05, 4.69) is 12.2 Å². The van der Waals surface area contributed by atoms with Gasteiger partial charge < -0.3 is 15.2 Å². The highest BCUT2D eigenvalue weighted by atomic mass is 16.5. The van der Waals surface area contributed by atoms with Gasteiger partial charge in [0.1, 0.15) is 0 Å². The van der Waals surface area contributed by atoms with Crippen molar-refractivity contribution in [3.05, 3.63) is 0 Å². The number of hydrogen-bond acceptors (Lipinski definition) is 3. The van der Waals surface area contributed by atoms with Crippen LogP contribution in [0.4, 0.5) is 0 Å². The number of methoxy groups -OCH3 is 1. The van der Waals surface area contributed by atoms with E-state index in [1.54, 1.807) is 7.11 Å². The molecule has 1 aliphatic rings. The van der Waals surface area contributed by atoms with Crippen LogP contribution in [0.2, 0.25) is 0 Å². The maximum Gasteiger partial charge on any atom is 0.0773 e. The highest BCUT2D eigenvalue weighted by Crippen LogP contribution is 2.28. The number of ether oxygens (including phenoxy) is 1. The second-order valence-electron chi connectivity index (χ2n) is 3.94. The van der Waals surface area contributed by atoms with Gasteiger partial charge in [-0.25, -0.2) is 0 Å². The summed E-state index contributed by atoms with van der Waals surface area (Å²) in [7, 11) is 1.75. The Morgan fingerprint density at radius 1 is 1.46 bits per heavy atom. The van der Waals surface area contributed by atoms with Gasteiger partial charge in [-0.05, 0) is 32.2 Å². The molecule has 78 valence electrons. The molecule has 0 heterocycles. The lowest BCUT2D eigenvalue weighted by Crippen LogP contribution is -2.44. The minimum atomic E-state index is -0.481. The third-order valence-electron chi connectivity index (χ3n) is 2.90. The monoisotopic (exact) mass is 187 g/mol. The molecule has 0 aliphatic heterocycles. The average Bonchev–Trinajstić information content (AvgIpc) is 2.16. The molecule has 0 aromatic rings. The van der Waals surface area contributed by atoms with E-state index in [9.17, 15) is 5.11 Å². The summed E-state index contributed by atoms with van der Waals surface area (Å²) in [4.78, 5) is 0. The summed E-state index contributed by atoms with van der Waals surface area (Å²) in [5.41, 5.74) is -0.481. The van der Waals surface area contributed by atoms with E-state index in [-0.39, 0.29) is 0 Å². The van der Waals surface area contributed by atoms with Gasteiger partial charge in [-0.15, -0.1) is 0 Å². The normalized spacial score (nSPS) is 34.8. The van der Waals surface area contributed by atoms with Gasteiger partial charge in [0.2, 0.25) is 0 Å². The van der Waals surface area contributed by atoms with E-state index in [1.165, 1.54) is 0 Å². The topological polar surface area (TPSA) is 41.5 Å². The van der Waals surface area contributed by atoms with E-state index in [4.69, 9.17) is 4.74 Å². The van der Waals surface area contributed by atoms with E-state index in [1.807, 2.05) is 0 Å². The van der Waals surface area contributed by atoms with Crippen molar-refractivity contribution < 1.29 is 9.84 Å². The zero-order valence-corrected chi connectivity index (χ0v) is 8.68. The first-order valence-electron chi connectivity index (χ1n) is 5.16. The Hall–Kier alpha value is -0.120. The van der Waals surface area contributed by atoms with Crippen LogP contribution >= 0.6 is 0 Å². The van der Waals surface area contributed by atoms with E-state index < -0.39 is 5.60 Å². The molecule has 0 radical (unpaired) electrons. The largest absolute Gasteiger partial charge is 0.389 e. The lowest BCUT2D eigenvalue weighted by atomic mass is 9.83. The Morgan fingerprint density at radius 2 is 2.08 bits per heavy atom. The predicted molar refractivity (Wildman–Crippen MR) is 52.8 cm³/mol. The van der Waals surface area contributed by atoms with Gasteiger partial charge in [0.25, 0.3) is 0 Å². The second kappa shape index (κ2) is 4.94. The first-order valence-corrected chi connectivity index (χ1v) is 5.16. The predicted octanol–water partition coefficient (Wildman–Crippen LogP) is 0.916. The number of hydrogen-bond donors (Lipinski definition) is 2. The van der Waals surface area contributed by atoms with Crippen LogP contribution in [0.1, 0.15) is 32.6 Å². The molecule has 0 saturated heterocycles. The zero-order chi connectivity index (χ0) is 9.73. The molecule has 0 atom stereocenters. The van der Waals surface area contributed by atoms with Gasteiger partial charge >= 0.3 is 0 Å². The molecule has 0 bridgehead atoms. The van der Waals surface area contributed by atoms with Crippen molar-refractivity contribution in [2.45, 2.75) is 44.3 Å². The molecule has 0 spiro atoms. The molecule has 0 aromatic heterocycles. The van der Waals surface area contributed by atoms with Crippen molar-refractivity contribution in [1.82, 2.24) is 5.32 Å². The summed E-state index contributed by atoms with van der Waals surface area (Å²) in [5, 5.41) is 13.3. The Balaban J connectivity index is 2.28. The van der Waals surface area contributed by atoms with Gasteiger partial charge in [-0.2, -0.15) is 0 Å². The molecule has 2 N–H and O–H groups in total. The van der Waals surface area contributed by atoms with Crippen LogP contribution in [-0.4, -0.2) is 37.0 Å². The van der Waals surface area contributed by atoms with Gasteiger partial charge in [-0.3, -0.25) is 0 Å². The second-order valence-corrected chi connectivity index (χ2v) is 3.94. The first-order chi connectivity index (χ1) is 6.20. The zero-order valence-electron chi connectivity index (χ0n) is 8.68. The Morgan fingerprint density at radius 3 is 2.54 bits per heavy atom. The van der Waals surface area contributed by atoms with Crippen LogP contribution < -0.4 is 5.32 Å². The van der Waals surface area contributed by atoms with E-state index in [0.717, 1.165) is 38.8 Å². The number of nitrogens with one attached hydrogen (secondary N) is 1. The van der Waals surface area contributed by atoms with Crippen LogP contribution in [0.5, 0.6) is 0 Å². The van der Waals surface area contributed by atoms with Crippen LogP contribution in [-0.2, 0) is 4.74 Å². The molecule has 0 aromatic carbocycles. The van der Waals surface area contributed by atoms with Crippen LogP contribution in [0.15, 0.2) is 0 Å². The van der Waals surface area contributed by atoms with Crippen molar-refractivity contribution in [1.29, 1.82) is 0 Å². The molecule has 1 fully saturated rings. The smallest absolute Gasteiger partial charge is 0.0773 e. The number of aliphatic hydroxyl groups is 1. The number of rotatable bonds is 4. The van der Waals surface area contributed by atoms with Crippen molar-refractivity contribution in [3.63, 3.8) is 0 Å².